The summed E-state index contributed by atoms with van der Waals surface area (Å²) in [6.07, 6.45) is 7.22. The maximum atomic E-state index is 14.1. The number of aliphatic hydroxyl groups excluding tert-OH is 1. The number of likely N-dealkylation sites (tertiary alicyclic amines) is 1. The summed E-state index contributed by atoms with van der Waals surface area (Å²) in [6, 6.07) is 14.2. The number of H-pyrrole nitrogens is 1. The van der Waals surface area contributed by atoms with Crippen LogP contribution >= 0.6 is 0 Å². The van der Waals surface area contributed by atoms with E-state index in [1.807, 2.05) is 61.7 Å². The van der Waals surface area contributed by atoms with Gasteiger partial charge in [-0.2, -0.15) is 0 Å². The Morgan fingerprint density at radius 2 is 1.70 bits per heavy atom. The number of aromatic nitrogens is 1. The Hall–Kier alpha value is -3.65. The minimum absolute atomic E-state index is 0.00197. The summed E-state index contributed by atoms with van der Waals surface area (Å²) in [4.78, 5) is 48.6. The fraction of sp³-hybridized carbons (Fsp3) is 0.514. The van der Waals surface area contributed by atoms with Gasteiger partial charge < -0.3 is 25.2 Å². The third-order valence-corrected chi connectivity index (χ3v) is 10.7. The Kier molecular flexibility index (Phi) is 7.84. The molecule has 3 N–H and O–H groups in total. The zero-order valence-electron chi connectivity index (χ0n) is 25.6. The first-order valence-electron chi connectivity index (χ1n) is 15.7. The summed E-state index contributed by atoms with van der Waals surface area (Å²) in [5.74, 6) is -0.571. The summed E-state index contributed by atoms with van der Waals surface area (Å²) < 4.78 is 0. The van der Waals surface area contributed by atoms with Gasteiger partial charge in [0.25, 0.3) is 0 Å². The first-order valence-corrected chi connectivity index (χ1v) is 15.7. The molecule has 2 aromatic carbocycles. The minimum atomic E-state index is -0.835. The predicted octanol–water partition coefficient (Wildman–Crippen LogP) is 4.48. The number of aromatic amines is 1. The van der Waals surface area contributed by atoms with Crippen molar-refractivity contribution < 1.29 is 19.5 Å². The molecule has 43 heavy (non-hydrogen) atoms. The first kappa shape index (κ1) is 29.4. The number of para-hydroxylation sites is 1. The molecule has 228 valence electrons. The monoisotopic (exact) mass is 584 g/mol. The number of hydrogen-bond acceptors (Lipinski definition) is 4. The number of nitrogens with zero attached hydrogens (tertiary/aromatic N) is 2. The van der Waals surface area contributed by atoms with Crippen molar-refractivity contribution in [3.63, 3.8) is 0 Å². The number of rotatable bonds is 8. The van der Waals surface area contributed by atoms with Gasteiger partial charge in [-0.25, -0.2) is 0 Å². The number of fused-ring (bicyclic) bond motifs is 4. The first-order chi connectivity index (χ1) is 20.6. The van der Waals surface area contributed by atoms with Gasteiger partial charge >= 0.3 is 0 Å². The Morgan fingerprint density at radius 1 is 1.02 bits per heavy atom. The van der Waals surface area contributed by atoms with Crippen LogP contribution in [0.3, 0.4) is 0 Å². The van der Waals surface area contributed by atoms with Gasteiger partial charge in [-0.1, -0.05) is 49.4 Å². The zero-order valence-corrected chi connectivity index (χ0v) is 25.6. The molecule has 1 aliphatic heterocycles. The molecule has 8 nitrogen and oxygen atoms in total. The van der Waals surface area contributed by atoms with Crippen molar-refractivity contribution >= 4 is 28.6 Å². The van der Waals surface area contributed by atoms with Gasteiger partial charge in [0, 0.05) is 55.5 Å². The van der Waals surface area contributed by atoms with Crippen LogP contribution in [0.5, 0.6) is 0 Å². The molecule has 1 saturated heterocycles. The summed E-state index contributed by atoms with van der Waals surface area (Å²) >= 11 is 0. The number of nitrogens with one attached hydrogen (secondary N) is 2. The van der Waals surface area contributed by atoms with Crippen LogP contribution in [-0.4, -0.2) is 69.4 Å². The van der Waals surface area contributed by atoms with E-state index < -0.39 is 23.6 Å². The van der Waals surface area contributed by atoms with Gasteiger partial charge in [0.1, 0.15) is 12.1 Å². The maximum absolute atomic E-state index is 14.1. The number of aliphatic hydroxyl groups is 1. The van der Waals surface area contributed by atoms with E-state index in [0.717, 1.165) is 66.1 Å². The lowest BCUT2D eigenvalue weighted by Gasteiger charge is -2.52. The molecule has 4 fully saturated rings. The zero-order chi connectivity index (χ0) is 30.4. The predicted molar refractivity (Wildman–Crippen MR) is 166 cm³/mol. The third kappa shape index (κ3) is 5.69. The fourth-order valence-electron chi connectivity index (χ4n) is 7.66. The van der Waals surface area contributed by atoms with Crippen LogP contribution in [0.15, 0.2) is 54.7 Å². The Balaban J connectivity index is 1.24. The van der Waals surface area contributed by atoms with Gasteiger partial charge in [-0.05, 0) is 73.6 Å². The second-order valence-corrected chi connectivity index (χ2v) is 13.7. The minimum Gasteiger partial charge on any atom is -0.391 e. The largest absolute Gasteiger partial charge is 0.391 e. The summed E-state index contributed by atoms with van der Waals surface area (Å²) in [7, 11) is 1.76. The molecule has 2 unspecified atom stereocenters. The highest BCUT2D eigenvalue weighted by Gasteiger charge is 2.54. The molecule has 7 rings (SSSR count). The van der Waals surface area contributed by atoms with E-state index in [2.05, 4.69) is 17.2 Å². The highest BCUT2D eigenvalue weighted by Crippen LogP contribution is 2.57. The van der Waals surface area contributed by atoms with Crippen LogP contribution in [0.2, 0.25) is 0 Å². The molecule has 2 bridgehead atoms. The molecule has 3 atom stereocenters. The number of carbonyl (C=O) groups excluding carboxylic acids is 3. The molecule has 3 aromatic rings. The third-order valence-electron chi connectivity index (χ3n) is 10.7. The number of aryl methyl sites for hydroxylation is 1. The molecule has 1 aromatic heterocycles. The second kappa shape index (κ2) is 11.5. The number of likely N-dealkylation sites (N-methyl/N-ethyl adjacent to an activating group) is 1. The highest BCUT2D eigenvalue weighted by atomic mass is 16.3. The molecule has 3 aliphatic carbocycles. The quantitative estimate of drug-likeness (QED) is 0.363. The van der Waals surface area contributed by atoms with E-state index >= 15 is 0 Å². The number of β-amino-alcohol motifs (C(OH)–C–C–N with tert-alkyl or cyclic N) is 1. The van der Waals surface area contributed by atoms with Crippen molar-refractivity contribution in [3.8, 4) is 0 Å². The van der Waals surface area contributed by atoms with E-state index in [9.17, 15) is 19.5 Å². The van der Waals surface area contributed by atoms with Crippen molar-refractivity contribution in [1.29, 1.82) is 0 Å². The van der Waals surface area contributed by atoms with Gasteiger partial charge in [-0.15, -0.1) is 0 Å². The number of hydrogen-bond donors (Lipinski definition) is 3. The van der Waals surface area contributed by atoms with Gasteiger partial charge in [0.15, 0.2) is 0 Å². The normalized spacial score (nSPS) is 27.3. The number of amides is 3. The topological polar surface area (TPSA) is 106 Å². The number of carbonyl (C=O) groups is 3. The van der Waals surface area contributed by atoms with E-state index in [1.54, 1.807) is 16.8 Å². The van der Waals surface area contributed by atoms with Gasteiger partial charge in [-0.3, -0.25) is 14.4 Å². The van der Waals surface area contributed by atoms with Crippen LogP contribution in [0.1, 0.15) is 68.6 Å². The van der Waals surface area contributed by atoms with Crippen LogP contribution < -0.4 is 5.32 Å². The molecular formula is C35H44N4O4. The Morgan fingerprint density at radius 3 is 2.42 bits per heavy atom. The lowest BCUT2D eigenvalue weighted by atomic mass is 9.54. The van der Waals surface area contributed by atoms with E-state index in [-0.39, 0.29) is 30.7 Å². The lowest BCUT2D eigenvalue weighted by molar-refractivity contribution is -0.155. The molecular weight excluding hydrogens is 540 g/mol. The second-order valence-electron chi connectivity index (χ2n) is 13.7. The average molecular weight is 585 g/mol. The van der Waals surface area contributed by atoms with Crippen molar-refractivity contribution in [2.45, 2.75) is 89.9 Å². The van der Waals surface area contributed by atoms with Crippen LogP contribution in [0, 0.1) is 17.8 Å². The maximum Gasteiger partial charge on any atom is 0.245 e. The molecule has 2 heterocycles. The average Bonchev–Trinajstić information content (AvgIpc) is 3.61. The van der Waals surface area contributed by atoms with Crippen molar-refractivity contribution in [2.24, 2.45) is 10.8 Å². The molecule has 3 amide bonds. The lowest BCUT2D eigenvalue weighted by Crippen LogP contribution is -2.57. The van der Waals surface area contributed by atoms with Gasteiger partial charge in [0.2, 0.25) is 17.7 Å². The Labute approximate surface area is 253 Å². The summed E-state index contributed by atoms with van der Waals surface area (Å²) in [6.45, 7) is 4.91. The summed E-state index contributed by atoms with van der Waals surface area (Å²) in [5, 5.41) is 14.7. The molecule has 0 radical (unpaired) electrons. The van der Waals surface area contributed by atoms with Crippen molar-refractivity contribution in [2.75, 3.05) is 13.6 Å². The van der Waals surface area contributed by atoms with Crippen LogP contribution in [0.25, 0.3) is 10.9 Å². The highest BCUT2D eigenvalue weighted by molar-refractivity contribution is 5.94. The van der Waals surface area contributed by atoms with E-state index in [0.29, 0.717) is 18.4 Å². The van der Waals surface area contributed by atoms with E-state index in [4.69, 9.17) is 0 Å². The SMILES string of the molecule is Cc1ccccc1CN(C)C(=O)C(Cc1c[nH]c2ccccc12)NC(=O)C1C[C@@H](O)CN1C(=O)C12CCC(C)(CC1)CC2. The fourth-order valence-corrected chi connectivity index (χ4v) is 7.66. The Bertz CT molecular complexity index is 1500. The molecule has 3 saturated carbocycles. The molecule has 4 aliphatic rings. The van der Waals surface area contributed by atoms with Crippen molar-refractivity contribution in [3.05, 3.63) is 71.4 Å². The standard InChI is InChI=1S/C35H44N4O4/c1-23-8-4-5-9-24(23)21-38(3)32(42)29(18-25-20-36-28-11-7-6-10-27(25)28)37-31(41)30-19-26(40)22-39(30)33(43)35-15-12-34(2,13-16-35)14-17-35/h4-11,20,26,29-30,36,40H,12-19,21-22H2,1-3H3,(H,37,41)/t26-,29?,30?,34?,35?/m1/s1. The molecule has 0 spiro atoms. The van der Waals surface area contributed by atoms with E-state index in [1.165, 1.54) is 0 Å². The molecule has 8 heteroatoms. The van der Waals surface area contributed by atoms with Crippen LogP contribution in [-0.2, 0) is 27.3 Å². The smallest absolute Gasteiger partial charge is 0.245 e. The van der Waals surface area contributed by atoms with Crippen LogP contribution in [0.4, 0.5) is 0 Å². The number of benzene rings is 2. The van der Waals surface area contributed by atoms with Crippen molar-refractivity contribution in [1.82, 2.24) is 20.1 Å². The summed E-state index contributed by atoms with van der Waals surface area (Å²) in [5.41, 5.74) is 3.93. The van der Waals surface area contributed by atoms with Gasteiger partial charge in [0.05, 0.1) is 6.10 Å².